The summed E-state index contributed by atoms with van der Waals surface area (Å²) in [5, 5.41) is 6.47. The van der Waals surface area contributed by atoms with E-state index in [1.807, 2.05) is 26.1 Å². The molecule has 3 aliphatic rings. The number of hydrogen-bond donors (Lipinski definition) is 2. The van der Waals surface area contributed by atoms with Gasteiger partial charge in [-0.2, -0.15) is 4.98 Å². The summed E-state index contributed by atoms with van der Waals surface area (Å²) in [6, 6.07) is 6.15. The number of likely N-dealkylation sites (tertiary alicyclic amines) is 1. The molecule has 0 bridgehead atoms. The van der Waals surface area contributed by atoms with Crippen molar-refractivity contribution in [3.05, 3.63) is 29.5 Å². The summed E-state index contributed by atoms with van der Waals surface area (Å²) < 4.78 is 12.0. The molecule has 0 amide bonds. The summed E-state index contributed by atoms with van der Waals surface area (Å²) in [5.41, 5.74) is 3.13. The first kappa shape index (κ1) is 18.5. The third-order valence-corrected chi connectivity index (χ3v) is 6.41. The van der Waals surface area contributed by atoms with Crippen LogP contribution in [0.5, 0.6) is 11.5 Å². The number of nitrogens with one attached hydrogen (secondary N) is 2. The second-order valence-corrected chi connectivity index (χ2v) is 8.59. The van der Waals surface area contributed by atoms with E-state index in [-0.39, 0.29) is 2.85 Å². The Morgan fingerprint density at radius 1 is 1.07 bits per heavy atom. The number of rotatable bonds is 4. The van der Waals surface area contributed by atoms with E-state index >= 15 is 0 Å². The van der Waals surface area contributed by atoms with Crippen molar-refractivity contribution in [1.82, 2.24) is 14.9 Å². The molecule has 2 N–H and O–H groups in total. The number of fused-ring (bicyclic) bond motifs is 2. The molecule has 0 radical (unpaired) electrons. The molecular formula is C22H33N5O2. The van der Waals surface area contributed by atoms with Crippen LogP contribution in [0.15, 0.2) is 18.2 Å². The van der Waals surface area contributed by atoms with E-state index in [0.717, 1.165) is 40.5 Å². The Bertz CT molecular complexity index is 915. The zero-order valence-corrected chi connectivity index (χ0v) is 17.4. The van der Waals surface area contributed by atoms with E-state index in [1.165, 1.54) is 31.5 Å². The van der Waals surface area contributed by atoms with Crippen molar-refractivity contribution in [2.75, 3.05) is 51.0 Å². The van der Waals surface area contributed by atoms with Crippen molar-refractivity contribution in [1.29, 1.82) is 0 Å². The number of anilines is 3. The highest BCUT2D eigenvalue weighted by molar-refractivity contribution is 5.65. The van der Waals surface area contributed by atoms with Gasteiger partial charge in [-0.25, -0.2) is 4.98 Å². The fourth-order valence-electron chi connectivity index (χ4n) is 5.23. The number of benzene rings is 1. The minimum Gasteiger partial charge on any atom is -0.486 e. The molecule has 1 saturated heterocycles. The van der Waals surface area contributed by atoms with Crippen LogP contribution < -0.4 is 20.1 Å². The fourth-order valence-corrected chi connectivity index (χ4v) is 5.23. The van der Waals surface area contributed by atoms with Gasteiger partial charge in [0.2, 0.25) is 5.95 Å². The molecule has 7 heteroatoms. The highest BCUT2D eigenvalue weighted by atomic mass is 16.6. The quantitative estimate of drug-likeness (QED) is 0.808. The zero-order chi connectivity index (χ0) is 20.0. The summed E-state index contributed by atoms with van der Waals surface area (Å²) >= 11 is 0. The minimum absolute atomic E-state index is 0. The Morgan fingerprint density at radius 3 is 2.59 bits per heavy atom. The van der Waals surface area contributed by atoms with Crippen molar-refractivity contribution < 1.29 is 12.3 Å². The van der Waals surface area contributed by atoms with Crippen molar-refractivity contribution in [2.45, 2.75) is 25.7 Å². The van der Waals surface area contributed by atoms with Gasteiger partial charge >= 0.3 is 0 Å². The standard InChI is InChI=1S/C22H29N5O2.2H2/c1-13-6-20(23-2)26-22(24-13)25-17-9-18(21-19(10-17)28-4-5-29-21)14-7-15-11-27(3)12-16(15)8-14;;/h6,9-10,14-16H,4-5,7-8,11-12H2,1-3H3,(H2,23,24,25,26);2*1H/t14?,15-,16+;;. The molecule has 3 atom stereocenters. The molecule has 158 valence electrons. The van der Waals surface area contributed by atoms with Crippen LogP contribution in [0.2, 0.25) is 0 Å². The Morgan fingerprint density at radius 2 is 1.83 bits per heavy atom. The molecular weight excluding hydrogens is 366 g/mol. The normalized spacial score (nSPS) is 25.7. The summed E-state index contributed by atoms with van der Waals surface area (Å²) in [5.74, 6) is 5.24. The third-order valence-electron chi connectivity index (χ3n) is 6.41. The van der Waals surface area contributed by atoms with E-state index in [2.05, 4.69) is 38.6 Å². The molecule has 1 saturated carbocycles. The van der Waals surface area contributed by atoms with E-state index in [4.69, 9.17) is 9.47 Å². The Hall–Kier alpha value is -2.54. The molecule has 5 rings (SSSR count). The Balaban J connectivity index is 0.00000136. The van der Waals surface area contributed by atoms with Gasteiger partial charge in [0.15, 0.2) is 11.5 Å². The van der Waals surface area contributed by atoms with Crippen LogP contribution in [-0.2, 0) is 0 Å². The highest BCUT2D eigenvalue weighted by Gasteiger charge is 2.41. The molecule has 3 heterocycles. The molecule has 2 aliphatic heterocycles. The van der Waals surface area contributed by atoms with Gasteiger partial charge in [0, 0.05) is 52.1 Å². The van der Waals surface area contributed by atoms with Crippen LogP contribution in [0.1, 0.15) is 32.9 Å². The van der Waals surface area contributed by atoms with Gasteiger partial charge < -0.3 is 25.0 Å². The molecule has 29 heavy (non-hydrogen) atoms. The van der Waals surface area contributed by atoms with Crippen LogP contribution in [-0.4, -0.2) is 55.3 Å². The molecule has 1 aromatic carbocycles. The maximum Gasteiger partial charge on any atom is 0.229 e. The summed E-state index contributed by atoms with van der Waals surface area (Å²) in [4.78, 5) is 11.5. The van der Waals surface area contributed by atoms with Gasteiger partial charge in [0.1, 0.15) is 19.0 Å². The van der Waals surface area contributed by atoms with Gasteiger partial charge in [0.25, 0.3) is 0 Å². The lowest BCUT2D eigenvalue weighted by Gasteiger charge is -2.25. The number of aromatic nitrogens is 2. The first-order valence-corrected chi connectivity index (χ1v) is 10.5. The largest absolute Gasteiger partial charge is 0.486 e. The second kappa shape index (κ2) is 7.37. The minimum atomic E-state index is 0. The summed E-state index contributed by atoms with van der Waals surface area (Å²) in [7, 11) is 4.10. The first-order valence-electron chi connectivity index (χ1n) is 10.5. The van der Waals surface area contributed by atoms with Crippen LogP contribution in [0.25, 0.3) is 0 Å². The molecule has 2 aromatic rings. The maximum atomic E-state index is 6.07. The highest BCUT2D eigenvalue weighted by Crippen LogP contribution is 2.51. The van der Waals surface area contributed by atoms with E-state index < -0.39 is 0 Å². The molecule has 0 spiro atoms. The molecule has 1 aromatic heterocycles. The van der Waals surface area contributed by atoms with Gasteiger partial charge in [0.05, 0.1) is 0 Å². The number of hydrogen-bond acceptors (Lipinski definition) is 7. The summed E-state index contributed by atoms with van der Waals surface area (Å²) in [6.07, 6.45) is 2.44. The third kappa shape index (κ3) is 3.59. The predicted molar refractivity (Wildman–Crippen MR) is 118 cm³/mol. The van der Waals surface area contributed by atoms with E-state index in [0.29, 0.717) is 25.1 Å². The van der Waals surface area contributed by atoms with E-state index in [9.17, 15) is 0 Å². The zero-order valence-electron chi connectivity index (χ0n) is 17.4. The predicted octanol–water partition coefficient (Wildman–Crippen LogP) is 3.89. The van der Waals surface area contributed by atoms with Crippen LogP contribution in [0.4, 0.5) is 17.5 Å². The van der Waals surface area contributed by atoms with Crippen molar-refractivity contribution in [2.24, 2.45) is 11.8 Å². The Labute approximate surface area is 174 Å². The molecule has 1 aliphatic carbocycles. The lowest BCUT2D eigenvalue weighted by molar-refractivity contribution is 0.169. The molecule has 1 unspecified atom stereocenters. The number of nitrogens with zero attached hydrogens (tertiary/aromatic N) is 3. The topological polar surface area (TPSA) is 71.5 Å². The van der Waals surface area contributed by atoms with Crippen LogP contribution in [0.3, 0.4) is 0 Å². The van der Waals surface area contributed by atoms with Crippen molar-refractivity contribution in [3.8, 4) is 11.5 Å². The smallest absolute Gasteiger partial charge is 0.229 e. The van der Waals surface area contributed by atoms with Gasteiger partial charge in [-0.1, -0.05) is 0 Å². The van der Waals surface area contributed by atoms with Crippen LogP contribution >= 0.6 is 0 Å². The molecule has 2 fully saturated rings. The average molecular weight is 400 g/mol. The van der Waals surface area contributed by atoms with Crippen molar-refractivity contribution in [3.63, 3.8) is 0 Å². The Kier molecular flexibility index (Phi) is 4.70. The average Bonchev–Trinajstić information content (AvgIpc) is 3.24. The monoisotopic (exact) mass is 399 g/mol. The lowest BCUT2D eigenvalue weighted by Crippen LogP contribution is -2.19. The number of ether oxygens (including phenoxy) is 2. The number of aryl methyl sites for hydroxylation is 1. The van der Waals surface area contributed by atoms with Crippen molar-refractivity contribution >= 4 is 17.5 Å². The SMILES string of the molecule is CNc1cc(C)nc(Nc2cc3c(c(C4C[C@@H]5CN(C)C[C@@H]5C4)c2)OCCO3)n1.[HH].[HH]. The second-order valence-electron chi connectivity index (χ2n) is 8.59. The van der Waals surface area contributed by atoms with Gasteiger partial charge in [-0.05, 0) is 50.6 Å². The van der Waals surface area contributed by atoms with Gasteiger partial charge in [-0.3, -0.25) is 0 Å². The summed E-state index contributed by atoms with van der Waals surface area (Å²) in [6.45, 7) is 5.59. The van der Waals surface area contributed by atoms with Gasteiger partial charge in [-0.15, -0.1) is 0 Å². The van der Waals surface area contributed by atoms with Crippen LogP contribution in [0, 0.1) is 18.8 Å². The first-order chi connectivity index (χ1) is 14.1. The molecule has 7 nitrogen and oxygen atoms in total. The maximum absolute atomic E-state index is 6.07. The lowest BCUT2D eigenvalue weighted by atomic mass is 9.93. The fraction of sp³-hybridized carbons (Fsp3) is 0.545. The van der Waals surface area contributed by atoms with E-state index in [1.54, 1.807) is 0 Å².